The molecular formula is C6H5F3N2S. The summed E-state index contributed by atoms with van der Waals surface area (Å²) in [6.07, 6.45) is -2.68. The van der Waals surface area contributed by atoms with Crippen LogP contribution in [-0.4, -0.2) is 16.5 Å². The summed E-state index contributed by atoms with van der Waals surface area (Å²) in [5.41, 5.74) is -0.958. The number of hydrogen-bond donors (Lipinski definition) is 0. The van der Waals surface area contributed by atoms with E-state index < -0.39 is 11.9 Å². The average Bonchev–Trinajstić information content (AvgIpc) is 2.03. The van der Waals surface area contributed by atoms with Crippen molar-refractivity contribution in [1.29, 1.82) is 0 Å². The van der Waals surface area contributed by atoms with Gasteiger partial charge in [-0.05, 0) is 18.4 Å². The zero-order valence-electron chi connectivity index (χ0n) is 6.09. The lowest BCUT2D eigenvalue weighted by atomic mass is 10.4. The zero-order chi connectivity index (χ0) is 9.19. The highest BCUT2D eigenvalue weighted by atomic mass is 32.2. The summed E-state index contributed by atoms with van der Waals surface area (Å²) in [4.78, 5) is 0. The number of thioether (sulfide) groups is 1. The van der Waals surface area contributed by atoms with E-state index in [1.165, 1.54) is 17.8 Å². The van der Waals surface area contributed by atoms with Crippen molar-refractivity contribution < 1.29 is 13.2 Å². The Morgan fingerprint density at radius 3 is 2.25 bits per heavy atom. The van der Waals surface area contributed by atoms with E-state index in [1.807, 2.05) is 0 Å². The SMILES string of the molecule is CSc1ccc(C(F)(F)F)nn1. The van der Waals surface area contributed by atoms with E-state index >= 15 is 0 Å². The predicted molar refractivity (Wildman–Crippen MR) is 38.8 cm³/mol. The number of alkyl halides is 3. The standard InChI is InChI=1S/C6H5F3N2S/c1-12-5-3-2-4(10-11-5)6(7,8)9/h2-3H,1H3. The zero-order valence-corrected chi connectivity index (χ0v) is 6.91. The van der Waals surface area contributed by atoms with Crippen molar-refractivity contribution in [3.05, 3.63) is 17.8 Å². The summed E-state index contributed by atoms with van der Waals surface area (Å²) >= 11 is 1.25. The molecule has 0 aliphatic carbocycles. The maximum absolute atomic E-state index is 11.9. The van der Waals surface area contributed by atoms with Crippen molar-refractivity contribution in [2.45, 2.75) is 11.2 Å². The second kappa shape index (κ2) is 3.30. The molecule has 1 rings (SSSR count). The fraction of sp³-hybridized carbons (Fsp3) is 0.333. The fourth-order valence-electron chi connectivity index (χ4n) is 0.580. The van der Waals surface area contributed by atoms with Gasteiger partial charge in [0.15, 0.2) is 5.69 Å². The Hall–Kier alpha value is -0.780. The Kier molecular flexibility index (Phi) is 2.56. The van der Waals surface area contributed by atoms with Crippen LogP contribution in [0.4, 0.5) is 13.2 Å². The molecule has 6 heteroatoms. The molecule has 0 saturated heterocycles. The molecule has 1 aromatic rings. The van der Waals surface area contributed by atoms with Crippen LogP contribution in [0.3, 0.4) is 0 Å². The van der Waals surface area contributed by atoms with Gasteiger partial charge in [-0.1, -0.05) is 0 Å². The van der Waals surface area contributed by atoms with E-state index in [1.54, 1.807) is 6.26 Å². The van der Waals surface area contributed by atoms with Crippen molar-refractivity contribution in [3.63, 3.8) is 0 Å². The van der Waals surface area contributed by atoms with E-state index in [9.17, 15) is 13.2 Å². The first-order valence-corrected chi connectivity index (χ1v) is 4.21. The smallest absolute Gasteiger partial charge is 0.164 e. The Balaban J connectivity index is 2.93. The Bertz CT molecular complexity index is 256. The summed E-state index contributed by atoms with van der Waals surface area (Å²) in [6.45, 7) is 0. The third kappa shape index (κ3) is 2.10. The molecule has 0 aliphatic heterocycles. The van der Waals surface area contributed by atoms with E-state index in [-0.39, 0.29) is 0 Å². The monoisotopic (exact) mass is 194 g/mol. The van der Waals surface area contributed by atoms with Crippen molar-refractivity contribution in [1.82, 2.24) is 10.2 Å². The van der Waals surface area contributed by atoms with Gasteiger partial charge in [-0.2, -0.15) is 13.2 Å². The minimum atomic E-state index is -4.40. The molecule has 0 spiro atoms. The topological polar surface area (TPSA) is 25.8 Å². The molecule has 1 heterocycles. The Morgan fingerprint density at radius 1 is 1.25 bits per heavy atom. The minimum absolute atomic E-state index is 0.475. The summed E-state index contributed by atoms with van der Waals surface area (Å²) in [7, 11) is 0. The summed E-state index contributed by atoms with van der Waals surface area (Å²) in [5, 5.41) is 6.86. The summed E-state index contributed by atoms with van der Waals surface area (Å²) < 4.78 is 35.7. The van der Waals surface area contributed by atoms with Gasteiger partial charge in [-0.3, -0.25) is 0 Å². The van der Waals surface area contributed by atoms with Gasteiger partial charge >= 0.3 is 6.18 Å². The maximum Gasteiger partial charge on any atom is 0.435 e. The molecule has 0 amide bonds. The Morgan fingerprint density at radius 2 is 1.92 bits per heavy atom. The van der Waals surface area contributed by atoms with Crippen molar-refractivity contribution in [2.24, 2.45) is 0 Å². The van der Waals surface area contributed by atoms with Crippen LogP contribution in [0.15, 0.2) is 17.2 Å². The highest BCUT2D eigenvalue weighted by Gasteiger charge is 2.32. The average molecular weight is 194 g/mol. The molecule has 0 bridgehead atoms. The number of halogens is 3. The molecule has 2 nitrogen and oxygen atoms in total. The van der Waals surface area contributed by atoms with Crippen LogP contribution in [0, 0.1) is 0 Å². The van der Waals surface area contributed by atoms with Crippen LogP contribution in [0.1, 0.15) is 5.69 Å². The molecule has 0 aromatic carbocycles. The molecule has 0 N–H and O–H groups in total. The molecule has 0 saturated carbocycles. The molecule has 0 fully saturated rings. The van der Waals surface area contributed by atoms with Gasteiger partial charge in [0.05, 0.1) is 0 Å². The lowest BCUT2D eigenvalue weighted by molar-refractivity contribution is -0.141. The largest absolute Gasteiger partial charge is 0.435 e. The highest BCUT2D eigenvalue weighted by molar-refractivity contribution is 7.98. The third-order valence-corrected chi connectivity index (χ3v) is 1.78. The summed E-state index contributed by atoms with van der Waals surface area (Å²) in [6, 6.07) is 2.21. The van der Waals surface area contributed by atoms with Crippen molar-refractivity contribution >= 4 is 11.8 Å². The van der Waals surface area contributed by atoms with E-state index in [4.69, 9.17) is 0 Å². The highest BCUT2D eigenvalue weighted by Crippen LogP contribution is 2.27. The summed E-state index contributed by atoms with van der Waals surface area (Å²) in [5.74, 6) is 0. The van der Waals surface area contributed by atoms with E-state index in [0.29, 0.717) is 5.03 Å². The van der Waals surface area contributed by atoms with Crippen LogP contribution < -0.4 is 0 Å². The second-order valence-corrected chi connectivity index (χ2v) is 2.79. The van der Waals surface area contributed by atoms with Gasteiger partial charge in [0.2, 0.25) is 0 Å². The lowest BCUT2D eigenvalue weighted by Crippen LogP contribution is -2.08. The number of rotatable bonds is 1. The second-order valence-electron chi connectivity index (χ2n) is 1.96. The first-order chi connectivity index (χ1) is 5.54. The minimum Gasteiger partial charge on any atom is -0.164 e. The van der Waals surface area contributed by atoms with Crippen LogP contribution in [0.2, 0.25) is 0 Å². The Labute approximate surface area is 71.2 Å². The first kappa shape index (κ1) is 9.31. The molecule has 12 heavy (non-hydrogen) atoms. The van der Waals surface area contributed by atoms with Gasteiger partial charge in [-0.15, -0.1) is 22.0 Å². The lowest BCUT2D eigenvalue weighted by Gasteiger charge is -2.03. The van der Waals surface area contributed by atoms with Crippen LogP contribution in [0.5, 0.6) is 0 Å². The van der Waals surface area contributed by atoms with Crippen LogP contribution in [-0.2, 0) is 6.18 Å². The van der Waals surface area contributed by atoms with Crippen molar-refractivity contribution in [3.8, 4) is 0 Å². The molecule has 0 radical (unpaired) electrons. The van der Waals surface area contributed by atoms with Gasteiger partial charge in [0, 0.05) is 0 Å². The molecule has 66 valence electrons. The van der Waals surface area contributed by atoms with Gasteiger partial charge < -0.3 is 0 Å². The van der Waals surface area contributed by atoms with Crippen LogP contribution in [0.25, 0.3) is 0 Å². The van der Waals surface area contributed by atoms with Gasteiger partial charge in [-0.25, -0.2) is 0 Å². The number of nitrogens with zero attached hydrogens (tertiary/aromatic N) is 2. The maximum atomic E-state index is 11.9. The molecular weight excluding hydrogens is 189 g/mol. The molecule has 1 aromatic heterocycles. The third-order valence-electron chi connectivity index (χ3n) is 1.14. The van der Waals surface area contributed by atoms with E-state index in [2.05, 4.69) is 10.2 Å². The van der Waals surface area contributed by atoms with Gasteiger partial charge in [0.1, 0.15) is 5.03 Å². The fourth-order valence-corrected chi connectivity index (χ4v) is 0.907. The van der Waals surface area contributed by atoms with Gasteiger partial charge in [0.25, 0.3) is 0 Å². The number of hydrogen-bond acceptors (Lipinski definition) is 3. The number of aromatic nitrogens is 2. The molecule has 0 atom stereocenters. The normalized spacial score (nSPS) is 11.7. The van der Waals surface area contributed by atoms with E-state index in [0.717, 1.165) is 6.07 Å². The predicted octanol–water partition coefficient (Wildman–Crippen LogP) is 2.22. The first-order valence-electron chi connectivity index (χ1n) is 2.99. The van der Waals surface area contributed by atoms with Crippen molar-refractivity contribution in [2.75, 3.05) is 6.26 Å². The van der Waals surface area contributed by atoms with Crippen LogP contribution >= 0.6 is 11.8 Å². The quantitative estimate of drug-likeness (QED) is 0.641. The molecule has 0 unspecified atom stereocenters. The molecule has 0 aliphatic rings.